The minimum absolute atomic E-state index is 0.0821. The molecule has 4 heteroatoms. The van der Waals surface area contributed by atoms with Crippen LogP contribution < -0.4 is 0 Å². The molecule has 0 atom stereocenters. The van der Waals surface area contributed by atoms with Crippen molar-refractivity contribution in [2.45, 2.75) is 0 Å². The van der Waals surface area contributed by atoms with Crippen LogP contribution in [0.3, 0.4) is 0 Å². The van der Waals surface area contributed by atoms with Gasteiger partial charge in [0, 0.05) is 11.6 Å². The lowest BCUT2D eigenvalue weighted by Gasteiger charge is -2.06. The summed E-state index contributed by atoms with van der Waals surface area (Å²) in [6, 6.07) is 7.89. The molecule has 0 aromatic heterocycles. The molecular formula is C12H5ClF3. The van der Waals surface area contributed by atoms with Crippen molar-refractivity contribution < 1.29 is 13.2 Å². The van der Waals surface area contributed by atoms with Gasteiger partial charge in [-0.25, -0.2) is 13.2 Å². The van der Waals surface area contributed by atoms with Gasteiger partial charge in [0.2, 0.25) is 0 Å². The lowest BCUT2D eigenvalue weighted by molar-refractivity contribution is 0.589. The van der Waals surface area contributed by atoms with E-state index < -0.39 is 17.5 Å². The predicted molar refractivity (Wildman–Crippen MR) is 55.6 cm³/mol. The summed E-state index contributed by atoms with van der Waals surface area (Å²) < 4.78 is 39.6. The Hall–Kier alpha value is -1.48. The van der Waals surface area contributed by atoms with E-state index in [-0.39, 0.29) is 16.1 Å². The van der Waals surface area contributed by atoms with Gasteiger partial charge in [-0.2, -0.15) is 0 Å². The summed E-state index contributed by atoms with van der Waals surface area (Å²) >= 11 is 5.68. The largest absolute Gasteiger partial charge is 0.206 e. The molecule has 0 nitrogen and oxygen atoms in total. The van der Waals surface area contributed by atoms with E-state index in [9.17, 15) is 13.2 Å². The zero-order valence-electron chi connectivity index (χ0n) is 7.90. The summed E-state index contributed by atoms with van der Waals surface area (Å²) in [4.78, 5) is 0. The maximum Gasteiger partial charge on any atom is 0.134 e. The summed E-state index contributed by atoms with van der Waals surface area (Å²) in [6.45, 7) is 0. The van der Waals surface area contributed by atoms with Gasteiger partial charge >= 0.3 is 0 Å². The van der Waals surface area contributed by atoms with Crippen LogP contribution in [0.1, 0.15) is 0 Å². The van der Waals surface area contributed by atoms with E-state index >= 15 is 0 Å². The van der Waals surface area contributed by atoms with Crippen molar-refractivity contribution in [3.8, 4) is 11.1 Å². The molecule has 1 radical (unpaired) electrons. The number of hydrogen-bond acceptors (Lipinski definition) is 0. The van der Waals surface area contributed by atoms with Crippen molar-refractivity contribution in [1.29, 1.82) is 0 Å². The Morgan fingerprint density at radius 1 is 0.938 bits per heavy atom. The van der Waals surface area contributed by atoms with Crippen LogP contribution in [0.15, 0.2) is 30.3 Å². The lowest BCUT2D eigenvalue weighted by Crippen LogP contribution is -1.91. The second-order valence-electron chi connectivity index (χ2n) is 3.13. The molecule has 0 fully saturated rings. The third-order valence-corrected chi connectivity index (χ3v) is 2.39. The molecule has 0 unspecified atom stereocenters. The first-order valence-corrected chi connectivity index (χ1v) is 4.79. The fourth-order valence-corrected chi connectivity index (χ4v) is 1.64. The number of hydrogen-bond donors (Lipinski definition) is 0. The van der Waals surface area contributed by atoms with Gasteiger partial charge in [0.05, 0.1) is 10.6 Å². The molecule has 16 heavy (non-hydrogen) atoms. The zero-order valence-corrected chi connectivity index (χ0v) is 8.65. The molecule has 0 heterocycles. The molecule has 0 N–H and O–H groups in total. The van der Waals surface area contributed by atoms with Crippen LogP contribution >= 0.6 is 11.6 Å². The Balaban J connectivity index is 2.68. The van der Waals surface area contributed by atoms with Crippen LogP contribution in [0, 0.1) is 23.5 Å². The van der Waals surface area contributed by atoms with E-state index in [1.165, 1.54) is 12.1 Å². The Morgan fingerprint density at radius 3 is 2.12 bits per heavy atom. The van der Waals surface area contributed by atoms with E-state index in [2.05, 4.69) is 6.07 Å². The highest BCUT2D eigenvalue weighted by atomic mass is 35.5. The molecule has 0 aliphatic rings. The number of halogens is 4. The Bertz CT molecular complexity index is 518. The standard InChI is InChI=1S/C12H5ClF3/c13-9-6-7(14)4-5-8(9)12-10(15)2-1-3-11(12)16/h1-5H. The molecule has 2 aromatic rings. The number of benzene rings is 2. The van der Waals surface area contributed by atoms with Crippen LogP contribution in [0.5, 0.6) is 0 Å². The minimum atomic E-state index is -0.748. The first kappa shape index (κ1) is 11.0. The highest BCUT2D eigenvalue weighted by molar-refractivity contribution is 6.33. The molecule has 0 bridgehead atoms. The SMILES string of the molecule is Fc1[c]c(Cl)c(-c2c(F)cccc2F)cc1. The maximum absolute atomic E-state index is 13.4. The second kappa shape index (κ2) is 4.18. The average Bonchev–Trinajstić information content (AvgIpc) is 2.20. The molecule has 81 valence electrons. The average molecular weight is 242 g/mol. The monoisotopic (exact) mass is 241 g/mol. The van der Waals surface area contributed by atoms with Crippen LogP contribution in [-0.2, 0) is 0 Å². The highest BCUT2D eigenvalue weighted by Crippen LogP contribution is 2.31. The molecule has 2 rings (SSSR count). The topological polar surface area (TPSA) is 0 Å². The predicted octanol–water partition coefficient (Wildman–Crippen LogP) is 4.22. The summed E-state index contributed by atoms with van der Waals surface area (Å²) in [5, 5.41) is -0.149. The second-order valence-corrected chi connectivity index (χ2v) is 3.51. The van der Waals surface area contributed by atoms with Gasteiger partial charge in [0.25, 0.3) is 0 Å². The van der Waals surface area contributed by atoms with Gasteiger partial charge in [-0.15, -0.1) is 0 Å². The molecule has 0 aliphatic carbocycles. The summed E-state index contributed by atoms with van der Waals surface area (Å²) in [5.41, 5.74) is -0.192. The fraction of sp³-hybridized carbons (Fsp3) is 0. The van der Waals surface area contributed by atoms with Gasteiger partial charge in [-0.1, -0.05) is 17.7 Å². The van der Waals surface area contributed by atoms with Crippen LogP contribution in [0.2, 0.25) is 5.02 Å². The van der Waals surface area contributed by atoms with Crippen molar-refractivity contribution in [3.63, 3.8) is 0 Å². The first-order chi connectivity index (χ1) is 7.59. The van der Waals surface area contributed by atoms with Gasteiger partial charge < -0.3 is 0 Å². The smallest absolute Gasteiger partial charge is 0.134 e. The molecule has 0 amide bonds. The van der Waals surface area contributed by atoms with E-state index in [0.717, 1.165) is 18.2 Å². The Labute approximate surface area is 95.3 Å². The summed E-state index contributed by atoms with van der Waals surface area (Å²) in [5.74, 6) is -2.17. The molecule has 0 aliphatic heterocycles. The molecule has 0 saturated carbocycles. The van der Waals surface area contributed by atoms with Crippen LogP contribution in [0.4, 0.5) is 13.2 Å². The lowest BCUT2D eigenvalue weighted by atomic mass is 10.0. The van der Waals surface area contributed by atoms with E-state index in [4.69, 9.17) is 11.6 Å². The van der Waals surface area contributed by atoms with Gasteiger partial charge in [0.1, 0.15) is 17.5 Å². The molecule has 0 spiro atoms. The third-order valence-electron chi connectivity index (χ3n) is 2.09. The van der Waals surface area contributed by atoms with E-state index in [1.54, 1.807) is 0 Å². The normalized spacial score (nSPS) is 10.5. The highest BCUT2D eigenvalue weighted by Gasteiger charge is 2.14. The quantitative estimate of drug-likeness (QED) is 0.701. The van der Waals surface area contributed by atoms with Crippen molar-refractivity contribution in [2.24, 2.45) is 0 Å². The molecule has 0 saturated heterocycles. The van der Waals surface area contributed by atoms with Crippen molar-refractivity contribution in [2.75, 3.05) is 0 Å². The zero-order chi connectivity index (χ0) is 11.7. The summed E-state index contributed by atoms with van der Waals surface area (Å²) in [7, 11) is 0. The summed E-state index contributed by atoms with van der Waals surface area (Å²) in [6.07, 6.45) is 0. The molecular weight excluding hydrogens is 237 g/mol. The van der Waals surface area contributed by atoms with Crippen LogP contribution in [-0.4, -0.2) is 0 Å². The van der Waals surface area contributed by atoms with Crippen molar-refractivity contribution in [1.82, 2.24) is 0 Å². The van der Waals surface area contributed by atoms with Crippen LogP contribution in [0.25, 0.3) is 11.1 Å². The third kappa shape index (κ3) is 1.91. The first-order valence-electron chi connectivity index (χ1n) is 4.41. The van der Waals surface area contributed by atoms with E-state index in [0.29, 0.717) is 0 Å². The Kier molecular flexibility index (Phi) is 2.88. The minimum Gasteiger partial charge on any atom is -0.206 e. The van der Waals surface area contributed by atoms with Gasteiger partial charge in [-0.3, -0.25) is 0 Å². The van der Waals surface area contributed by atoms with Gasteiger partial charge in [0.15, 0.2) is 0 Å². The van der Waals surface area contributed by atoms with Gasteiger partial charge in [-0.05, 0) is 24.3 Å². The van der Waals surface area contributed by atoms with Crippen molar-refractivity contribution >= 4 is 11.6 Å². The van der Waals surface area contributed by atoms with E-state index in [1.807, 2.05) is 0 Å². The fourth-order valence-electron chi connectivity index (χ4n) is 1.39. The van der Waals surface area contributed by atoms with Crippen molar-refractivity contribution in [3.05, 3.63) is 58.9 Å². The maximum atomic E-state index is 13.4. The Morgan fingerprint density at radius 2 is 1.56 bits per heavy atom. The number of rotatable bonds is 1. The molecule has 2 aromatic carbocycles.